The van der Waals surface area contributed by atoms with Crippen LogP contribution in [0, 0.1) is 5.92 Å². The normalized spacial score (nSPS) is 16.4. The Bertz CT molecular complexity index is 1620. The van der Waals surface area contributed by atoms with Crippen molar-refractivity contribution in [2.45, 2.75) is 45.6 Å². The van der Waals surface area contributed by atoms with Crippen LogP contribution in [0.2, 0.25) is 0 Å². The third kappa shape index (κ3) is 8.29. The van der Waals surface area contributed by atoms with Crippen molar-refractivity contribution < 1.29 is 33.8 Å². The number of amides is 3. The van der Waals surface area contributed by atoms with Gasteiger partial charge >= 0.3 is 12.1 Å². The van der Waals surface area contributed by atoms with Crippen LogP contribution in [0.1, 0.15) is 65.0 Å². The number of carbonyl (C=O) groups excluding carboxylic acids is 4. The Morgan fingerprint density at radius 3 is 2.22 bits per heavy atom. The van der Waals surface area contributed by atoms with Crippen LogP contribution < -0.4 is 15.3 Å². The summed E-state index contributed by atoms with van der Waals surface area (Å²) < 4.78 is 3.73. The molecule has 0 saturated heterocycles. The van der Waals surface area contributed by atoms with Crippen molar-refractivity contribution in [2.75, 3.05) is 12.9 Å². The average molecular weight is 645 g/mol. The molecule has 240 valence electrons. The Hall–Kier alpha value is -4.74. The smallest absolute Gasteiger partial charge is 0.465 e. The first kappa shape index (κ1) is 34.1. The highest BCUT2D eigenvalue weighted by atomic mass is 32.2. The highest BCUT2D eigenvalue weighted by Crippen LogP contribution is 2.41. The summed E-state index contributed by atoms with van der Waals surface area (Å²) >= 11 is 1.13. The molecule has 3 amide bonds. The summed E-state index contributed by atoms with van der Waals surface area (Å²) in [5, 5.41) is 13.5. The number of thioether (sulfide) groups is 1. The maximum absolute atomic E-state index is 13.4. The summed E-state index contributed by atoms with van der Waals surface area (Å²) in [6.45, 7) is 3.33. The third-order valence-electron chi connectivity index (χ3n) is 7.76. The molecule has 0 bridgehead atoms. The number of nitrogens with zero attached hydrogens (tertiary/aromatic N) is 1. The van der Waals surface area contributed by atoms with E-state index in [1.165, 1.54) is 50.1 Å². The van der Waals surface area contributed by atoms with E-state index in [9.17, 15) is 29.1 Å². The molecule has 1 heterocycles. The number of para-hydroxylation sites is 1. The first-order valence-electron chi connectivity index (χ1n) is 15.0. The fourth-order valence-electron chi connectivity index (χ4n) is 5.43. The first-order valence-corrected chi connectivity index (χ1v) is 15.9. The SMILES string of the molecule is COC(=O)c1ccc(C(=O)N[N+]2(C(=O)O)C=C(C[C@@H](C)NC(=O)C(CCCc3ccccc3)CSC(C)=O)c3ccccc32)cc1. The second-order valence-corrected chi connectivity index (χ2v) is 12.4. The Morgan fingerprint density at radius 1 is 0.913 bits per heavy atom. The second kappa shape index (κ2) is 15.5. The van der Waals surface area contributed by atoms with Gasteiger partial charge in [-0.2, -0.15) is 10.2 Å². The molecule has 10 nitrogen and oxygen atoms in total. The largest absolute Gasteiger partial charge is 0.549 e. The van der Waals surface area contributed by atoms with Gasteiger partial charge in [0.25, 0.3) is 5.91 Å². The van der Waals surface area contributed by atoms with Gasteiger partial charge < -0.3 is 15.2 Å². The van der Waals surface area contributed by atoms with E-state index in [-0.39, 0.29) is 34.1 Å². The maximum Gasteiger partial charge on any atom is 0.549 e. The number of quaternary nitrogens is 1. The van der Waals surface area contributed by atoms with Crippen molar-refractivity contribution in [2.24, 2.45) is 5.92 Å². The van der Waals surface area contributed by atoms with Crippen LogP contribution in [0.4, 0.5) is 10.5 Å². The standard InChI is InChI=1S/C35H37N3O7S/c1-23(36-32(40)28(22-46-24(2)39)13-9-12-25-10-5-4-6-11-25)20-29-21-38(35(43)44,31-15-8-7-14-30(29)31)37-33(41)26-16-18-27(19-17-26)34(42)45-3/h4-8,10-11,14-19,21,23,28H,9,12-13,20,22H2,1-3H3,(H2-,36,37,40,41,43,44)/p+1/t23-,28?,38?/m1/s1. The molecule has 1 aliphatic heterocycles. The van der Waals surface area contributed by atoms with E-state index in [1.807, 2.05) is 37.3 Å². The summed E-state index contributed by atoms with van der Waals surface area (Å²) in [6, 6.07) is 22.3. The minimum atomic E-state index is -1.32. The molecule has 2 unspecified atom stereocenters. The molecule has 0 saturated carbocycles. The predicted octanol–water partition coefficient (Wildman–Crippen LogP) is 5.97. The molecule has 3 aromatic rings. The molecule has 3 aromatic carbocycles. The lowest BCUT2D eigenvalue weighted by molar-refractivity contribution is -0.125. The molecular formula is C35H38N3O7S+. The van der Waals surface area contributed by atoms with Crippen LogP contribution in [0.3, 0.4) is 0 Å². The third-order valence-corrected chi connectivity index (χ3v) is 8.74. The number of nitrogens with one attached hydrogen (secondary N) is 2. The zero-order valence-electron chi connectivity index (χ0n) is 26.0. The topological polar surface area (TPSA) is 139 Å². The van der Waals surface area contributed by atoms with Crippen LogP contribution in [-0.4, -0.2) is 53.0 Å². The van der Waals surface area contributed by atoms with Crippen LogP contribution >= 0.6 is 11.8 Å². The van der Waals surface area contributed by atoms with Crippen molar-refractivity contribution >= 4 is 52.0 Å². The molecule has 0 radical (unpaired) electrons. The predicted molar refractivity (Wildman–Crippen MR) is 178 cm³/mol. The highest BCUT2D eigenvalue weighted by molar-refractivity contribution is 8.13. The van der Waals surface area contributed by atoms with Crippen LogP contribution in [0.15, 0.2) is 85.1 Å². The van der Waals surface area contributed by atoms with Crippen LogP contribution in [0.25, 0.3) is 5.57 Å². The molecule has 3 atom stereocenters. The maximum atomic E-state index is 13.4. The van der Waals surface area contributed by atoms with Gasteiger partial charge in [-0.25, -0.2) is 4.79 Å². The first-order chi connectivity index (χ1) is 22.0. The summed E-state index contributed by atoms with van der Waals surface area (Å²) in [6.07, 6.45) is 2.68. The lowest BCUT2D eigenvalue weighted by Gasteiger charge is -2.25. The van der Waals surface area contributed by atoms with E-state index >= 15 is 0 Å². The average Bonchev–Trinajstić information content (AvgIpc) is 3.36. The Labute approximate surface area is 272 Å². The Balaban J connectivity index is 1.49. The lowest BCUT2D eigenvalue weighted by Crippen LogP contribution is -2.60. The van der Waals surface area contributed by atoms with Crippen LogP contribution in [0.5, 0.6) is 0 Å². The van der Waals surface area contributed by atoms with Gasteiger partial charge in [-0.05, 0) is 68.5 Å². The monoisotopic (exact) mass is 644 g/mol. The van der Waals surface area contributed by atoms with E-state index in [0.717, 1.165) is 24.6 Å². The minimum Gasteiger partial charge on any atom is -0.465 e. The second-order valence-electron chi connectivity index (χ2n) is 11.2. The quantitative estimate of drug-likeness (QED) is 0.162. The molecule has 3 N–H and O–H groups in total. The van der Waals surface area contributed by atoms with Gasteiger partial charge in [-0.3, -0.25) is 14.4 Å². The number of methoxy groups -OCH3 is 1. The number of hydrogen-bond donors (Lipinski definition) is 3. The van der Waals surface area contributed by atoms with Gasteiger partial charge in [-0.1, -0.05) is 58.8 Å². The molecular weight excluding hydrogens is 606 g/mol. The summed E-state index contributed by atoms with van der Waals surface area (Å²) in [5.41, 5.74) is 5.87. The number of aryl methyl sites for hydroxylation is 1. The zero-order chi connectivity index (χ0) is 33.3. The molecule has 0 aliphatic carbocycles. The van der Waals surface area contributed by atoms with Crippen LogP contribution in [-0.2, 0) is 20.7 Å². The number of benzene rings is 3. The van der Waals surface area contributed by atoms with Gasteiger partial charge in [0.2, 0.25) is 5.91 Å². The van der Waals surface area contributed by atoms with E-state index in [0.29, 0.717) is 35.4 Å². The van der Waals surface area contributed by atoms with E-state index in [2.05, 4.69) is 10.7 Å². The Morgan fingerprint density at radius 2 is 1.57 bits per heavy atom. The van der Waals surface area contributed by atoms with E-state index in [1.54, 1.807) is 24.3 Å². The van der Waals surface area contributed by atoms with Crippen molar-refractivity contribution in [3.63, 3.8) is 0 Å². The minimum absolute atomic E-state index is 0.0501. The van der Waals surface area contributed by atoms with E-state index < -0.39 is 22.6 Å². The fraction of sp³-hybridized carbons (Fsp3) is 0.286. The summed E-state index contributed by atoms with van der Waals surface area (Å²) in [7, 11) is 1.25. The molecule has 0 fully saturated rings. The van der Waals surface area contributed by atoms with Gasteiger partial charge in [0.15, 0.2) is 10.8 Å². The number of rotatable bonds is 12. The lowest BCUT2D eigenvalue weighted by atomic mass is 9.98. The van der Waals surface area contributed by atoms with Crippen molar-refractivity contribution in [3.8, 4) is 0 Å². The fourth-order valence-corrected chi connectivity index (χ4v) is 6.19. The van der Waals surface area contributed by atoms with Crippen molar-refractivity contribution in [3.05, 3.63) is 107 Å². The molecule has 1 aliphatic rings. The number of carboxylic acid groups (broad SMARTS) is 1. The number of fused-ring (bicyclic) bond motifs is 1. The summed E-state index contributed by atoms with van der Waals surface area (Å²) in [5.74, 6) is -1.37. The van der Waals surface area contributed by atoms with Gasteiger partial charge in [0.05, 0.1) is 12.7 Å². The number of esters is 1. The molecule has 4 rings (SSSR count). The zero-order valence-corrected chi connectivity index (χ0v) is 26.8. The Kier molecular flexibility index (Phi) is 11.5. The molecule has 46 heavy (non-hydrogen) atoms. The highest BCUT2D eigenvalue weighted by Gasteiger charge is 2.48. The number of hydrogen-bond acceptors (Lipinski definition) is 7. The van der Waals surface area contributed by atoms with E-state index in [4.69, 9.17) is 4.74 Å². The van der Waals surface area contributed by atoms with Gasteiger partial charge in [0, 0.05) is 47.4 Å². The van der Waals surface area contributed by atoms with Gasteiger partial charge in [-0.15, -0.1) is 0 Å². The number of carbonyl (C=O) groups is 5. The molecule has 0 aromatic heterocycles. The number of ether oxygens (including phenoxy) is 1. The summed E-state index contributed by atoms with van der Waals surface area (Å²) in [4.78, 5) is 63.0. The molecule has 0 spiro atoms. The van der Waals surface area contributed by atoms with Crippen molar-refractivity contribution in [1.82, 2.24) is 15.3 Å². The molecule has 11 heteroatoms. The van der Waals surface area contributed by atoms with Gasteiger partial charge in [0.1, 0.15) is 6.20 Å². The van der Waals surface area contributed by atoms with Crippen molar-refractivity contribution in [1.29, 1.82) is 0 Å².